The van der Waals surface area contributed by atoms with Crippen molar-refractivity contribution in [3.05, 3.63) is 24.3 Å². The van der Waals surface area contributed by atoms with Crippen molar-refractivity contribution in [2.75, 3.05) is 37.3 Å². The van der Waals surface area contributed by atoms with Crippen LogP contribution in [0, 0.1) is 5.92 Å². The van der Waals surface area contributed by atoms with Crippen molar-refractivity contribution in [3.63, 3.8) is 0 Å². The van der Waals surface area contributed by atoms with Crippen LogP contribution in [-0.4, -0.2) is 55.2 Å². The van der Waals surface area contributed by atoms with E-state index in [1.165, 1.54) is 0 Å². The molecule has 2 rings (SSSR count). The molecule has 25 heavy (non-hydrogen) atoms. The monoisotopic (exact) mass is 363 g/mol. The molecule has 0 aromatic heterocycles. The van der Waals surface area contributed by atoms with Gasteiger partial charge in [-0.05, 0) is 50.9 Å². The Hall–Kier alpha value is -1.53. The smallest absolute Gasteiger partial charge is 0.227 e. The van der Waals surface area contributed by atoms with Crippen LogP contribution < -0.4 is 10.2 Å². The lowest BCUT2D eigenvalue weighted by molar-refractivity contribution is -0.126. The molecular weight excluding hydrogens is 334 g/mol. The number of carbonyl (C=O) groups excluding carboxylic acids is 2. The Kier molecular flexibility index (Phi) is 7.32. The summed E-state index contributed by atoms with van der Waals surface area (Å²) in [5.41, 5.74) is 0.870. The van der Waals surface area contributed by atoms with Crippen LogP contribution in [0.1, 0.15) is 27.2 Å². The van der Waals surface area contributed by atoms with Gasteiger partial charge >= 0.3 is 0 Å². The fourth-order valence-electron chi connectivity index (χ4n) is 3.14. The zero-order valence-corrected chi connectivity index (χ0v) is 16.4. The molecule has 1 heterocycles. The van der Waals surface area contributed by atoms with Crippen molar-refractivity contribution >= 4 is 29.3 Å². The molecule has 1 aromatic carbocycles. The molecule has 0 aliphatic carbocycles. The van der Waals surface area contributed by atoms with E-state index in [0.29, 0.717) is 19.1 Å². The number of nitrogens with zero attached hydrogens (tertiary/aromatic N) is 2. The number of amides is 2. The first-order valence-corrected chi connectivity index (χ1v) is 10.1. The van der Waals surface area contributed by atoms with E-state index in [2.05, 4.69) is 31.0 Å². The van der Waals surface area contributed by atoms with Crippen LogP contribution in [0.3, 0.4) is 0 Å². The number of thioether (sulfide) groups is 1. The van der Waals surface area contributed by atoms with Crippen molar-refractivity contribution in [2.45, 2.75) is 38.1 Å². The van der Waals surface area contributed by atoms with Gasteiger partial charge in [0.1, 0.15) is 0 Å². The number of nitrogens with one attached hydrogen (secondary N) is 1. The molecule has 1 fully saturated rings. The normalized spacial score (nSPS) is 17.6. The molecule has 0 bridgehead atoms. The van der Waals surface area contributed by atoms with Crippen molar-refractivity contribution < 1.29 is 9.59 Å². The molecule has 1 aromatic rings. The summed E-state index contributed by atoms with van der Waals surface area (Å²) in [6, 6.07) is 8.38. The summed E-state index contributed by atoms with van der Waals surface area (Å²) in [5, 5.41) is 2.99. The molecule has 1 atom stereocenters. The zero-order valence-electron chi connectivity index (χ0n) is 15.6. The lowest BCUT2D eigenvalue weighted by Crippen LogP contribution is -2.40. The van der Waals surface area contributed by atoms with E-state index in [9.17, 15) is 9.59 Å². The van der Waals surface area contributed by atoms with E-state index in [1.54, 1.807) is 16.7 Å². The summed E-state index contributed by atoms with van der Waals surface area (Å²) >= 11 is 1.67. The third kappa shape index (κ3) is 5.22. The third-order valence-corrected chi connectivity index (χ3v) is 5.46. The highest BCUT2D eigenvalue weighted by Crippen LogP contribution is 2.27. The van der Waals surface area contributed by atoms with Gasteiger partial charge in [0.15, 0.2) is 0 Å². The highest BCUT2D eigenvalue weighted by Gasteiger charge is 2.34. The fourth-order valence-corrected chi connectivity index (χ4v) is 3.55. The van der Waals surface area contributed by atoms with Crippen molar-refractivity contribution in [1.29, 1.82) is 0 Å². The summed E-state index contributed by atoms with van der Waals surface area (Å²) < 4.78 is 0. The van der Waals surface area contributed by atoms with Crippen molar-refractivity contribution in [1.82, 2.24) is 10.2 Å². The van der Waals surface area contributed by atoms with Gasteiger partial charge in [-0.3, -0.25) is 14.5 Å². The molecule has 5 nitrogen and oxygen atoms in total. The van der Waals surface area contributed by atoms with Gasteiger partial charge in [0.05, 0.1) is 5.92 Å². The highest BCUT2D eigenvalue weighted by molar-refractivity contribution is 7.98. The summed E-state index contributed by atoms with van der Waals surface area (Å²) in [6.45, 7) is 9.32. The third-order valence-electron chi connectivity index (χ3n) is 4.71. The first kappa shape index (κ1) is 19.8. The maximum Gasteiger partial charge on any atom is 0.227 e. The lowest BCUT2D eigenvalue weighted by atomic mass is 10.1. The minimum Gasteiger partial charge on any atom is -0.355 e. The van der Waals surface area contributed by atoms with Gasteiger partial charge in [-0.15, -0.1) is 11.8 Å². The number of carbonyl (C=O) groups is 2. The average Bonchev–Trinajstić information content (AvgIpc) is 3.00. The SMILES string of the molecule is CCN(CCNC(=O)C1CC(=O)N(c2ccc(SC)cc2)C1)C(C)C. The Labute approximate surface area is 155 Å². The van der Waals surface area contributed by atoms with Gasteiger partial charge in [0.25, 0.3) is 0 Å². The topological polar surface area (TPSA) is 52.7 Å². The Balaban J connectivity index is 1.87. The van der Waals surface area contributed by atoms with Gasteiger partial charge in [0, 0.05) is 42.7 Å². The van der Waals surface area contributed by atoms with Crippen LogP contribution in [0.2, 0.25) is 0 Å². The minimum absolute atomic E-state index is 0.0172. The zero-order chi connectivity index (χ0) is 18.4. The first-order chi connectivity index (χ1) is 12.0. The average molecular weight is 364 g/mol. The van der Waals surface area contributed by atoms with Crippen molar-refractivity contribution in [2.24, 2.45) is 5.92 Å². The Morgan fingerprint density at radius 1 is 1.36 bits per heavy atom. The molecule has 2 amide bonds. The van der Waals surface area contributed by atoms with Gasteiger partial charge in [-0.1, -0.05) is 6.92 Å². The quantitative estimate of drug-likeness (QED) is 0.722. The Morgan fingerprint density at radius 2 is 2.04 bits per heavy atom. The van der Waals surface area contributed by atoms with Crippen LogP contribution in [0.4, 0.5) is 5.69 Å². The van der Waals surface area contributed by atoms with E-state index in [-0.39, 0.29) is 24.2 Å². The molecule has 1 saturated heterocycles. The molecular formula is C19H29N3O2S. The summed E-state index contributed by atoms with van der Waals surface area (Å²) in [7, 11) is 0. The largest absolute Gasteiger partial charge is 0.355 e. The highest BCUT2D eigenvalue weighted by atomic mass is 32.2. The standard InChI is InChI=1S/C19H29N3O2S/c1-5-21(14(2)3)11-10-20-19(24)15-12-18(23)22(13-15)16-6-8-17(25-4)9-7-16/h6-9,14-15H,5,10-13H2,1-4H3,(H,20,24). The number of rotatable bonds is 8. The van der Waals surface area contributed by atoms with E-state index < -0.39 is 0 Å². The number of anilines is 1. The van der Waals surface area contributed by atoms with Crippen molar-refractivity contribution in [3.8, 4) is 0 Å². The van der Waals surface area contributed by atoms with E-state index >= 15 is 0 Å². The maximum absolute atomic E-state index is 12.4. The molecule has 138 valence electrons. The lowest BCUT2D eigenvalue weighted by Gasteiger charge is -2.25. The number of benzene rings is 1. The molecule has 1 N–H and O–H groups in total. The van der Waals surface area contributed by atoms with E-state index in [4.69, 9.17) is 0 Å². The maximum atomic E-state index is 12.4. The summed E-state index contributed by atoms with van der Waals surface area (Å²) in [5.74, 6) is -0.257. The minimum atomic E-state index is -0.262. The second-order valence-electron chi connectivity index (χ2n) is 6.62. The molecule has 1 unspecified atom stereocenters. The molecule has 0 radical (unpaired) electrons. The van der Waals surface area contributed by atoms with E-state index in [1.807, 2.05) is 30.5 Å². The predicted molar refractivity (Wildman–Crippen MR) is 104 cm³/mol. The molecule has 6 heteroatoms. The van der Waals surface area contributed by atoms with Crippen LogP contribution >= 0.6 is 11.8 Å². The number of hydrogen-bond acceptors (Lipinski definition) is 4. The van der Waals surface area contributed by atoms with Gasteiger partial charge in [-0.25, -0.2) is 0 Å². The fraction of sp³-hybridized carbons (Fsp3) is 0.579. The van der Waals surface area contributed by atoms with Crippen LogP contribution in [0.5, 0.6) is 0 Å². The molecule has 0 spiro atoms. The van der Waals surface area contributed by atoms with Gasteiger partial charge in [0.2, 0.25) is 11.8 Å². The number of likely N-dealkylation sites (N-methyl/N-ethyl adjacent to an activating group) is 1. The van der Waals surface area contributed by atoms with Crippen LogP contribution in [0.15, 0.2) is 29.2 Å². The molecule has 1 aliphatic rings. The summed E-state index contributed by atoms with van der Waals surface area (Å²) in [4.78, 5) is 29.9. The second kappa shape index (κ2) is 9.25. The predicted octanol–water partition coefficient (Wildman–Crippen LogP) is 2.61. The Morgan fingerprint density at radius 3 is 2.60 bits per heavy atom. The number of hydrogen-bond donors (Lipinski definition) is 1. The van der Waals surface area contributed by atoms with Gasteiger partial charge < -0.3 is 10.2 Å². The second-order valence-corrected chi connectivity index (χ2v) is 7.50. The van der Waals surface area contributed by atoms with Crippen LogP contribution in [0.25, 0.3) is 0 Å². The van der Waals surface area contributed by atoms with E-state index in [0.717, 1.165) is 23.7 Å². The van der Waals surface area contributed by atoms with Crippen LogP contribution in [-0.2, 0) is 9.59 Å². The summed E-state index contributed by atoms with van der Waals surface area (Å²) in [6.07, 6.45) is 2.31. The molecule has 1 aliphatic heterocycles. The Bertz CT molecular complexity index is 589. The first-order valence-electron chi connectivity index (χ1n) is 8.92. The molecule has 0 saturated carbocycles. The van der Waals surface area contributed by atoms with Gasteiger partial charge in [-0.2, -0.15) is 0 Å².